The molecular formula is C14H21ClN2O. The second-order valence-corrected chi connectivity index (χ2v) is 5.13. The van der Waals surface area contributed by atoms with Crippen molar-refractivity contribution in [2.24, 2.45) is 5.73 Å². The van der Waals surface area contributed by atoms with E-state index in [0.717, 1.165) is 56.3 Å². The van der Waals surface area contributed by atoms with Crippen LogP contribution in [0.1, 0.15) is 24.4 Å². The maximum atomic E-state index is 6.21. The molecule has 1 aliphatic heterocycles. The van der Waals surface area contributed by atoms with Crippen LogP contribution in [0.5, 0.6) is 0 Å². The lowest BCUT2D eigenvalue weighted by molar-refractivity contribution is 0.141. The fraction of sp³-hybridized carbons (Fsp3) is 0.571. The average molecular weight is 269 g/mol. The van der Waals surface area contributed by atoms with Gasteiger partial charge in [-0.15, -0.1) is 0 Å². The van der Waals surface area contributed by atoms with Gasteiger partial charge in [-0.1, -0.05) is 29.8 Å². The van der Waals surface area contributed by atoms with E-state index in [1.807, 2.05) is 24.3 Å². The number of ether oxygens (including phenoxy) is 1. The van der Waals surface area contributed by atoms with E-state index in [0.29, 0.717) is 0 Å². The van der Waals surface area contributed by atoms with E-state index in [2.05, 4.69) is 4.90 Å². The molecule has 4 heteroatoms. The SMILES string of the molecule is NC(CCN1CCCOCC1)c1ccccc1Cl. The predicted molar refractivity (Wildman–Crippen MR) is 74.9 cm³/mol. The highest BCUT2D eigenvalue weighted by Crippen LogP contribution is 2.23. The molecule has 0 amide bonds. The zero-order chi connectivity index (χ0) is 12.8. The monoisotopic (exact) mass is 268 g/mol. The summed E-state index contributed by atoms with van der Waals surface area (Å²) in [5, 5.41) is 0.768. The summed E-state index contributed by atoms with van der Waals surface area (Å²) in [5.74, 6) is 0. The van der Waals surface area contributed by atoms with E-state index in [-0.39, 0.29) is 6.04 Å². The third kappa shape index (κ3) is 3.95. The molecule has 1 heterocycles. The molecule has 18 heavy (non-hydrogen) atoms. The minimum absolute atomic E-state index is 0.0165. The van der Waals surface area contributed by atoms with Crippen molar-refractivity contribution in [1.82, 2.24) is 4.90 Å². The largest absolute Gasteiger partial charge is 0.380 e. The molecule has 0 aromatic heterocycles. The molecule has 1 aromatic carbocycles. The van der Waals surface area contributed by atoms with Crippen molar-refractivity contribution in [3.05, 3.63) is 34.9 Å². The molecular weight excluding hydrogens is 248 g/mol. The Morgan fingerprint density at radius 1 is 1.28 bits per heavy atom. The third-order valence-corrected chi connectivity index (χ3v) is 3.72. The van der Waals surface area contributed by atoms with Crippen LogP contribution in [0.2, 0.25) is 5.02 Å². The summed E-state index contributed by atoms with van der Waals surface area (Å²) in [4.78, 5) is 2.42. The summed E-state index contributed by atoms with van der Waals surface area (Å²) < 4.78 is 5.44. The van der Waals surface area contributed by atoms with Crippen molar-refractivity contribution < 1.29 is 4.74 Å². The normalized spacial score (nSPS) is 19.4. The molecule has 0 radical (unpaired) electrons. The molecule has 0 spiro atoms. The summed E-state index contributed by atoms with van der Waals surface area (Å²) in [6.07, 6.45) is 2.05. The molecule has 2 N–H and O–H groups in total. The number of benzene rings is 1. The molecule has 1 atom stereocenters. The van der Waals surface area contributed by atoms with Crippen LogP contribution >= 0.6 is 11.6 Å². The van der Waals surface area contributed by atoms with Crippen molar-refractivity contribution in [3.8, 4) is 0 Å². The Morgan fingerprint density at radius 2 is 2.11 bits per heavy atom. The van der Waals surface area contributed by atoms with E-state index >= 15 is 0 Å². The van der Waals surface area contributed by atoms with Gasteiger partial charge in [0.15, 0.2) is 0 Å². The Morgan fingerprint density at radius 3 is 2.94 bits per heavy atom. The number of hydrogen-bond acceptors (Lipinski definition) is 3. The van der Waals surface area contributed by atoms with Gasteiger partial charge < -0.3 is 15.4 Å². The average Bonchev–Trinajstić information content (AvgIpc) is 2.65. The highest BCUT2D eigenvalue weighted by molar-refractivity contribution is 6.31. The predicted octanol–water partition coefficient (Wildman–Crippen LogP) is 2.45. The van der Waals surface area contributed by atoms with Crippen molar-refractivity contribution in [3.63, 3.8) is 0 Å². The standard InChI is InChI=1S/C14H21ClN2O/c15-13-5-2-1-4-12(13)14(16)6-8-17-7-3-10-18-11-9-17/h1-2,4-5,14H,3,6-11,16H2. The minimum atomic E-state index is 0.0165. The van der Waals surface area contributed by atoms with Crippen LogP contribution in [0.25, 0.3) is 0 Å². The first-order chi connectivity index (χ1) is 8.77. The molecule has 0 bridgehead atoms. The molecule has 2 rings (SSSR count). The molecule has 0 saturated carbocycles. The van der Waals surface area contributed by atoms with Crippen LogP contribution in [0.3, 0.4) is 0 Å². The summed E-state index contributed by atoms with van der Waals surface area (Å²) in [7, 11) is 0. The van der Waals surface area contributed by atoms with Crippen LogP contribution in [0.15, 0.2) is 24.3 Å². The topological polar surface area (TPSA) is 38.5 Å². The van der Waals surface area contributed by atoms with Crippen LogP contribution in [-0.2, 0) is 4.74 Å². The lowest BCUT2D eigenvalue weighted by Gasteiger charge is -2.21. The Kier molecular flexibility index (Phi) is 5.45. The lowest BCUT2D eigenvalue weighted by atomic mass is 10.0. The Hall–Kier alpha value is -0.610. The van der Waals surface area contributed by atoms with Crippen molar-refractivity contribution >= 4 is 11.6 Å². The van der Waals surface area contributed by atoms with Gasteiger partial charge in [-0.3, -0.25) is 0 Å². The molecule has 1 aliphatic rings. The van der Waals surface area contributed by atoms with Crippen LogP contribution in [-0.4, -0.2) is 37.7 Å². The number of rotatable bonds is 4. The summed E-state index contributed by atoms with van der Waals surface area (Å²) in [5.41, 5.74) is 7.26. The molecule has 1 saturated heterocycles. The van der Waals surface area contributed by atoms with Gasteiger partial charge in [-0.2, -0.15) is 0 Å². The maximum absolute atomic E-state index is 6.21. The highest BCUT2D eigenvalue weighted by Gasteiger charge is 2.13. The quantitative estimate of drug-likeness (QED) is 0.912. The molecule has 1 fully saturated rings. The van der Waals surface area contributed by atoms with E-state index in [4.69, 9.17) is 22.1 Å². The summed E-state index contributed by atoms with van der Waals surface area (Å²) in [6.45, 7) is 4.84. The van der Waals surface area contributed by atoms with Gasteiger partial charge in [-0.25, -0.2) is 0 Å². The van der Waals surface area contributed by atoms with Crippen LogP contribution < -0.4 is 5.73 Å². The van der Waals surface area contributed by atoms with Crippen molar-refractivity contribution in [2.75, 3.05) is 32.8 Å². The fourth-order valence-electron chi connectivity index (χ4n) is 2.27. The van der Waals surface area contributed by atoms with Gasteiger partial charge in [0.2, 0.25) is 0 Å². The van der Waals surface area contributed by atoms with E-state index < -0.39 is 0 Å². The second-order valence-electron chi connectivity index (χ2n) is 4.72. The third-order valence-electron chi connectivity index (χ3n) is 3.38. The molecule has 0 aliphatic carbocycles. The minimum Gasteiger partial charge on any atom is -0.380 e. The first kappa shape index (κ1) is 13.8. The maximum Gasteiger partial charge on any atom is 0.0593 e. The summed E-state index contributed by atoms with van der Waals surface area (Å²) in [6, 6.07) is 7.85. The number of halogens is 1. The molecule has 1 unspecified atom stereocenters. The van der Waals surface area contributed by atoms with Crippen LogP contribution in [0, 0.1) is 0 Å². The molecule has 100 valence electrons. The molecule has 1 aromatic rings. The van der Waals surface area contributed by atoms with E-state index in [1.54, 1.807) is 0 Å². The van der Waals surface area contributed by atoms with Gasteiger partial charge in [0.05, 0.1) is 6.61 Å². The highest BCUT2D eigenvalue weighted by atomic mass is 35.5. The zero-order valence-corrected chi connectivity index (χ0v) is 11.4. The summed E-state index contributed by atoms with van der Waals surface area (Å²) >= 11 is 6.15. The first-order valence-corrected chi connectivity index (χ1v) is 6.95. The van der Waals surface area contributed by atoms with Crippen molar-refractivity contribution in [2.45, 2.75) is 18.9 Å². The smallest absolute Gasteiger partial charge is 0.0593 e. The van der Waals surface area contributed by atoms with Crippen molar-refractivity contribution in [1.29, 1.82) is 0 Å². The van der Waals surface area contributed by atoms with Gasteiger partial charge >= 0.3 is 0 Å². The Balaban J connectivity index is 1.84. The van der Waals surface area contributed by atoms with Crippen LogP contribution in [0.4, 0.5) is 0 Å². The van der Waals surface area contributed by atoms with Gasteiger partial charge in [0.1, 0.15) is 0 Å². The van der Waals surface area contributed by atoms with Gasteiger partial charge in [0, 0.05) is 37.3 Å². The molecule has 3 nitrogen and oxygen atoms in total. The van der Waals surface area contributed by atoms with E-state index in [1.165, 1.54) is 0 Å². The lowest BCUT2D eigenvalue weighted by Crippen LogP contribution is -2.29. The van der Waals surface area contributed by atoms with Gasteiger partial charge in [0.25, 0.3) is 0 Å². The zero-order valence-electron chi connectivity index (χ0n) is 10.6. The Labute approximate surface area is 114 Å². The Bertz CT molecular complexity index is 365. The first-order valence-electron chi connectivity index (χ1n) is 6.57. The van der Waals surface area contributed by atoms with Gasteiger partial charge in [-0.05, 0) is 24.5 Å². The van der Waals surface area contributed by atoms with E-state index in [9.17, 15) is 0 Å². The second kappa shape index (κ2) is 7.10. The fourth-order valence-corrected chi connectivity index (χ4v) is 2.55. The number of nitrogens with two attached hydrogens (primary N) is 1. The number of nitrogens with zero attached hydrogens (tertiary/aromatic N) is 1. The number of hydrogen-bond donors (Lipinski definition) is 1.